The van der Waals surface area contributed by atoms with Gasteiger partial charge in [0.1, 0.15) is 5.60 Å². The Morgan fingerprint density at radius 1 is 1.04 bits per heavy atom. The molecule has 0 spiro atoms. The van der Waals surface area contributed by atoms with E-state index in [2.05, 4.69) is 47.7 Å². The van der Waals surface area contributed by atoms with E-state index < -0.39 is 5.60 Å². The summed E-state index contributed by atoms with van der Waals surface area (Å²) in [6.45, 7) is 0. The molecule has 4 rings (SSSR count). The molecule has 2 bridgehead atoms. The van der Waals surface area contributed by atoms with Crippen LogP contribution in [-0.2, 0) is 5.60 Å². The highest BCUT2D eigenvalue weighted by Gasteiger charge is 2.48. The lowest BCUT2D eigenvalue weighted by Crippen LogP contribution is -2.62. The van der Waals surface area contributed by atoms with Gasteiger partial charge in [-0.15, -0.1) is 0 Å². The van der Waals surface area contributed by atoms with Gasteiger partial charge in [-0.2, -0.15) is 22.7 Å². The molecule has 0 aliphatic carbocycles. The standard InChI is InChI=1S/C20H28NOS2/c1-21(2)18-4-3-5-19(21)11-15(10-18)12-20(22,16-6-8-23-13-16)17-7-9-24-14-17/h6-9,13-15,18-19,22H,3-5,10-12H2,1-2H3/q+1/t15?,18-,19+. The van der Waals surface area contributed by atoms with Crippen LogP contribution in [0.25, 0.3) is 0 Å². The van der Waals surface area contributed by atoms with E-state index in [4.69, 9.17) is 0 Å². The molecule has 130 valence electrons. The summed E-state index contributed by atoms with van der Waals surface area (Å²) in [5.41, 5.74) is 1.35. The Morgan fingerprint density at radius 2 is 1.58 bits per heavy atom. The second-order valence-corrected chi connectivity index (χ2v) is 9.85. The Balaban J connectivity index is 1.61. The molecular formula is C20H28NOS2+. The fraction of sp³-hybridized carbons (Fsp3) is 0.600. The third-order valence-corrected chi connectivity index (χ3v) is 8.12. The third kappa shape index (κ3) is 2.78. The monoisotopic (exact) mass is 362 g/mol. The number of rotatable bonds is 4. The Morgan fingerprint density at radius 3 is 2.04 bits per heavy atom. The lowest BCUT2D eigenvalue weighted by Gasteiger charge is -2.54. The molecule has 4 heterocycles. The van der Waals surface area contributed by atoms with Crippen LogP contribution in [0.15, 0.2) is 33.7 Å². The summed E-state index contributed by atoms with van der Waals surface area (Å²) in [6.07, 6.45) is 7.50. The van der Waals surface area contributed by atoms with Crippen molar-refractivity contribution >= 4 is 22.7 Å². The molecule has 0 radical (unpaired) electrons. The molecule has 1 unspecified atom stereocenters. The quantitative estimate of drug-likeness (QED) is 0.771. The highest BCUT2D eigenvalue weighted by Crippen LogP contribution is 2.46. The smallest absolute Gasteiger partial charge is 0.116 e. The summed E-state index contributed by atoms with van der Waals surface area (Å²) in [4.78, 5) is 0. The second kappa shape index (κ2) is 6.24. The number of piperidine rings is 2. The van der Waals surface area contributed by atoms with Crippen molar-refractivity contribution < 1.29 is 9.59 Å². The Kier molecular flexibility index (Phi) is 4.36. The first-order valence-electron chi connectivity index (χ1n) is 9.11. The van der Waals surface area contributed by atoms with E-state index in [9.17, 15) is 5.11 Å². The van der Waals surface area contributed by atoms with Gasteiger partial charge in [0.05, 0.1) is 26.2 Å². The summed E-state index contributed by atoms with van der Waals surface area (Å²) in [5, 5.41) is 20.1. The van der Waals surface area contributed by atoms with Crippen molar-refractivity contribution in [2.24, 2.45) is 5.92 Å². The number of thiophene rings is 2. The van der Waals surface area contributed by atoms with Crippen molar-refractivity contribution in [2.75, 3.05) is 14.1 Å². The van der Waals surface area contributed by atoms with E-state index >= 15 is 0 Å². The van der Waals surface area contributed by atoms with Gasteiger partial charge in [0.25, 0.3) is 0 Å². The van der Waals surface area contributed by atoms with E-state index in [1.54, 1.807) is 22.7 Å². The predicted octanol–water partition coefficient (Wildman–Crippen LogP) is 4.84. The largest absolute Gasteiger partial charge is 0.380 e. The van der Waals surface area contributed by atoms with Gasteiger partial charge in [0.2, 0.25) is 0 Å². The predicted molar refractivity (Wildman–Crippen MR) is 103 cm³/mol. The van der Waals surface area contributed by atoms with Crippen LogP contribution in [-0.4, -0.2) is 35.8 Å². The third-order valence-electron chi connectivity index (χ3n) is 6.75. The van der Waals surface area contributed by atoms with Gasteiger partial charge < -0.3 is 9.59 Å². The molecule has 2 fully saturated rings. The molecular weight excluding hydrogens is 334 g/mol. The minimum absolute atomic E-state index is 0.622. The Labute approximate surface area is 153 Å². The molecule has 0 saturated carbocycles. The van der Waals surface area contributed by atoms with Crippen LogP contribution in [0.5, 0.6) is 0 Å². The fourth-order valence-corrected chi connectivity index (χ4v) is 6.63. The number of nitrogens with zero attached hydrogens (tertiary/aromatic N) is 1. The van der Waals surface area contributed by atoms with Crippen LogP contribution in [0.1, 0.15) is 49.7 Å². The zero-order valence-electron chi connectivity index (χ0n) is 14.6. The summed E-state index contributed by atoms with van der Waals surface area (Å²) in [7, 11) is 4.85. The first-order valence-corrected chi connectivity index (χ1v) is 11.0. The molecule has 2 aromatic heterocycles. The first-order chi connectivity index (χ1) is 11.5. The minimum atomic E-state index is -0.812. The number of quaternary nitrogens is 1. The molecule has 1 N–H and O–H groups in total. The van der Waals surface area contributed by atoms with Gasteiger partial charge in [-0.3, -0.25) is 0 Å². The number of hydrogen-bond donors (Lipinski definition) is 1. The highest BCUT2D eigenvalue weighted by atomic mass is 32.1. The van der Waals surface area contributed by atoms with Crippen molar-refractivity contribution in [3.63, 3.8) is 0 Å². The maximum atomic E-state index is 11.7. The van der Waals surface area contributed by atoms with Crippen LogP contribution in [0.4, 0.5) is 0 Å². The molecule has 0 amide bonds. The Hall–Kier alpha value is -0.680. The topological polar surface area (TPSA) is 20.2 Å². The normalized spacial score (nSPS) is 29.5. The molecule has 2 aliphatic heterocycles. The van der Waals surface area contributed by atoms with E-state index in [0.717, 1.165) is 29.6 Å². The fourth-order valence-electron chi connectivity index (χ4n) is 5.18. The average Bonchev–Trinajstić information content (AvgIpc) is 3.22. The van der Waals surface area contributed by atoms with Crippen molar-refractivity contribution in [1.82, 2.24) is 0 Å². The maximum absolute atomic E-state index is 11.7. The number of fused-ring (bicyclic) bond motifs is 2. The van der Waals surface area contributed by atoms with Crippen molar-refractivity contribution in [3.05, 3.63) is 44.8 Å². The summed E-state index contributed by atoms with van der Waals surface area (Å²) in [6, 6.07) is 5.76. The number of hydrogen-bond acceptors (Lipinski definition) is 3. The number of aliphatic hydroxyl groups is 1. The summed E-state index contributed by atoms with van der Waals surface area (Å²) >= 11 is 3.37. The van der Waals surface area contributed by atoms with Gasteiger partial charge in [-0.05, 0) is 76.4 Å². The zero-order chi connectivity index (χ0) is 16.8. The van der Waals surface area contributed by atoms with E-state index in [-0.39, 0.29) is 0 Å². The Bertz CT molecular complexity index is 612. The first kappa shape index (κ1) is 16.8. The van der Waals surface area contributed by atoms with Gasteiger partial charge in [0, 0.05) is 12.8 Å². The van der Waals surface area contributed by atoms with Gasteiger partial charge in [-0.1, -0.05) is 0 Å². The van der Waals surface area contributed by atoms with Crippen LogP contribution in [0.2, 0.25) is 0 Å². The van der Waals surface area contributed by atoms with E-state index in [1.807, 2.05) is 0 Å². The van der Waals surface area contributed by atoms with Gasteiger partial charge >= 0.3 is 0 Å². The second-order valence-electron chi connectivity index (χ2n) is 8.29. The van der Waals surface area contributed by atoms with Crippen LogP contribution in [0, 0.1) is 5.92 Å². The zero-order valence-corrected chi connectivity index (χ0v) is 16.3. The molecule has 2 saturated heterocycles. The summed E-state index contributed by atoms with van der Waals surface area (Å²) < 4.78 is 1.20. The minimum Gasteiger partial charge on any atom is -0.380 e. The molecule has 2 nitrogen and oxygen atoms in total. The van der Waals surface area contributed by atoms with Crippen molar-refractivity contribution in [1.29, 1.82) is 0 Å². The van der Waals surface area contributed by atoms with Crippen molar-refractivity contribution in [3.8, 4) is 0 Å². The molecule has 4 heteroatoms. The SMILES string of the molecule is C[N+]1(C)[C@@H]2CCC[C@H]1CC(CC(O)(c1ccsc1)c1ccsc1)C2. The molecule has 3 atom stereocenters. The molecule has 24 heavy (non-hydrogen) atoms. The lowest BCUT2D eigenvalue weighted by atomic mass is 9.71. The van der Waals surface area contributed by atoms with Crippen molar-refractivity contribution in [2.45, 2.75) is 56.2 Å². The molecule has 2 aromatic rings. The average molecular weight is 363 g/mol. The van der Waals surface area contributed by atoms with E-state index in [1.165, 1.54) is 36.6 Å². The van der Waals surface area contributed by atoms with Gasteiger partial charge in [0.15, 0.2) is 0 Å². The van der Waals surface area contributed by atoms with Crippen LogP contribution < -0.4 is 0 Å². The molecule has 2 aliphatic rings. The van der Waals surface area contributed by atoms with Gasteiger partial charge in [-0.25, -0.2) is 0 Å². The molecule has 0 aromatic carbocycles. The van der Waals surface area contributed by atoms with E-state index in [0.29, 0.717) is 5.92 Å². The van der Waals surface area contributed by atoms with Crippen LogP contribution >= 0.6 is 22.7 Å². The summed E-state index contributed by atoms with van der Waals surface area (Å²) in [5.74, 6) is 0.622. The lowest BCUT2D eigenvalue weighted by molar-refractivity contribution is -0.950. The van der Waals surface area contributed by atoms with Crippen LogP contribution in [0.3, 0.4) is 0 Å². The highest BCUT2D eigenvalue weighted by molar-refractivity contribution is 7.08. The maximum Gasteiger partial charge on any atom is 0.116 e.